The van der Waals surface area contributed by atoms with Crippen LogP contribution in [-0.2, 0) is 25.3 Å². The maximum absolute atomic E-state index is 13.6. The van der Waals surface area contributed by atoms with Gasteiger partial charge < -0.3 is 15.0 Å². The van der Waals surface area contributed by atoms with Gasteiger partial charge in [-0.3, -0.25) is 9.69 Å². The zero-order valence-corrected chi connectivity index (χ0v) is 23.2. The molecule has 0 unspecified atom stereocenters. The number of benzene rings is 3. The molecule has 4 aromatic rings. The Balaban J connectivity index is 0.00000423. The highest BCUT2D eigenvalue weighted by atomic mass is 35.5. The zero-order chi connectivity index (χ0) is 30.2. The van der Waals surface area contributed by atoms with Crippen molar-refractivity contribution in [3.05, 3.63) is 106 Å². The van der Waals surface area contributed by atoms with Gasteiger partial charge in [-0.05, 0) is 53.9 Å². The molecule has 0 saturated carbocycles. The van der Waals surface area contributed by atoms with Crippen molar-refractivity contribution in [3.8, 4) is 0 Å². The van der Waals surface area contributed by atoms with Crippen molar-refractivity contribution in [2.45, 2.75) is 31.4 Å². The van der Waals surface area contributed by atoms with Gasteiger partial charge in [-0.1, -0.05) is 30.3 Å². The maximum Gasteiger partial charge on any atom is 0.416 e. The number of carboxylic acids is 1. The average Bonchev–Trinajstić information content (AvgIpc) is 3.34. The summed E-state index contributed by atoms with van der Waals surface area (Å²) in [5, 5.41) is 10.0. The molecule has 1 saturated heterocycles. The minimum Gasteiger partial charge on any atom is -0.478 e. The number of para-hydroxylation sites is 1. The Morgan fingerprint density at radius 1 is 0.860 bits per heavy atom. The molecule has 1 amide bonds. The van der Waals surface area contributed by atoms with Gasteiger partial charge in [0.1, 0.15) is 0 Å². The van der Waals surface area contributed by atoms with Crippen molar-refractivity contribution in [2.24, 2.45) is 0 Å². The predicted octanol–water partition coefficient (Wildman–Crippen LogP) is 6.89. The van der Waals surface area contributed by atoms with Crippen LogP contribution in [0.2, 0.25) is 0 Å². The Labute approximate surface area is 248 Å². The third-order valence-electron chi connectivity index (χ3n) is 7.40. The van der Waals surface area contributed by atoms with Crippen molar-refractivity contribution >= 4 is 35.2 Å². The second-order valence-electron chi connectivity index (χ2n) is 10.2. The van der Waals surface area contributed by atoms with Crippen molar-refractivity contribution in [1.82, 2.24) is 14.8 Å². The lowest BCUT2D eigenvalue weighted by atomic mass is 9.98. The molecule has 2 N–H and O–H groups in total. The van der Waals surface area contributed by atoms with E-state index in [9.17, 15) is 35.9 Å². The number of piperazine rings is 1. The van der Waals surface area contributed by atoms with Crippen LogP contribution in [0.4, 0.5) is 26.3 Å². The number of carboxylic acid groups (broad SMARTS) is 1. The van der Waals surface area contributed by atoms with E-state index in [0.29, 0.717) is 31.6 Å². The van der Waals surface area contributed by atoms with Crippen LogP contribution in [0.15, 0.2) is 72.9 Å². The molecule has 3 aromatic carbocycles. The van der Waals surface area contributed by atoms with Gasteiger partial charge in [-0.15, -0.1) is 12.4 Å². The first-order chi connectivity index (χ1) is 19.8. The quantitative estimate of drug-likeness (QED) is 0.229. The number of aromatic carboxylic acids is 1. The van der Waals surface area contributed by atoms with Crippen molar-refractivity contribution in [3.63, 3.8) is 0 Å². The van der Waals surface area contributed by atoms with E-state index in [1.807, 2.05) is 29.2 Å². The number of aromatic amines is 1. The summed E-state index contributed by atoms with van der Waals surface area (Å²) >= 11 is 0. The molecule has 5 rings (SSSR count). The molecule has 0 radical (unpaired) electrons. The monoisotopic (exact) mass is 625 g/mol. The average molecular weight is 626 g/mol. The number of fused-ring (bicyclic) bond motifs is 1. The third kappa shape index (κ3) is 7.14. The first kappa shape index (κ1) is 31.9. The number of alkyl halides is 6. The number of nitrogens with one attached hydrogen (secondary N) is 1. The zero-order valence-electron chi connectivity index (χ0n) is 22.4. The Morgan fingerprint density at radius 2 is 1.49 bits per heavy atom. The first-order valence-corrected chi connectivity index (χ1v) is 13.0. The van der Waals surface area contributed by atoms with Gasteiger partial charge in [-0.2, -0.15) is 26.3 Å². The fraction of sp³-hybridized carbons (Fsp3) is 0.267. The topological polar surface area (TPSA) is 76.6 Å². The highest BCUT2D eigenvalue weighted by Gasteiger charge is 2.39. The van der Waals surface area contributed by atoms with Crippen LogP contribution >= 0.6 is 12.4 Å². The number of carbonyl (C=O) groups is 2. The number of nitrogens with zero attached hydrogens (tertiary/aromatic N) is 2. The van der Waals surface area contributed by atoms with Gasteiger partial charge >= 0.3 is 18.3 Å². The molecule has 0 aliphatic carbocycles. The summed E-state index contributed by atoms with van der Waals surface area (Å²) in [6, 6.07) is 14.1. The van der Waals surface area contributed by atoms with E-state index >= 15 is 0 Å². The molecule has 0 spiro atoms. The Bertz CT molecular complexity index is 1590. The molecular formula is C30H26ClF6N3O3. The Morgan fingerprint density at radius 3 is 2.09 bits per heavy atom. The number of rotatable bonds is 6. The largest absolute Gasteiger partial charge is 0.478 e. The minimum absolute atomic E-state index is 0. The van der Waals surface area contributed by atoms with E-state index in [4.69, 9.17) is 5.11 Å². The number of hydrogen-bond acceptors (Lipinski definition) is 3. The van der Waals surface area contributed by atoms with E-state index < -0.39 is 47.0 Å². The normalized spacial score (nSPS) is 16.2. The summed E-state index contributed by atoms with van der Waals surface area (Å²) in [5.41, 5.74) is -1.12. The van der Waals surface area contributed by atoms with Crippen LogP contribution in [0.5, 0.6) is 0 Å². The lowest BCUT2D eigenvalue weighted by Gasteiger charge is -2.42. The molecule has 228 valence electrons. The number of halogens is 7. The highest BCUT2D eigenvalue weighted by molar-refractivity contribution is 5.95. The summed E-state index contributed by atoms with van der Waals surface area (Å²) in [6.07, 6.45) is -8.07. The predicted molar refractivity (Wildman–Crippen MR) is 149 cm³/mol. The van der Waals surface area contributed by atoms with Gasteiger partial charge in [0.05, 0.1) is 16.7 Å². The lowest BCUT2D eigenvalue weighted by Crippen LogP contribution is -2.55. The van der Waals surface area contributed by atoms with Crippen LogP contribution in [-0.4, -0.2) is 57.4 Å². The molecule has 6 nitrogen and oxygen atoms in total. The second kappa shape index (κ2) is 12.3. The molecule has 1 fully saturated rings. The van der Waals surface area contributed by atoms with Crippen LogP contribution in [0.3, 0.4) is 0 Å². The third-order valence-corrected chi connectivity index (χ3v) is 7.40. The van der Waals surface area contributed by atoms with E-state index in [-0.39, 0.29) is 37.1 Å². The van der Waals surface area contributed by atoms with E-state index in [1.165, 1.54) is 17.0 Å². The van der Waals surface area contributed by atoms with Crippen LogP contribution in [0, 0.1) is 0 Å². The number of amides is 1. The second-order valence-corrected chi connectivity index (χ2v) is 10.2. The van der Waals surface area contributed by atoms with Crippen molar-refractivity contribution in [2.75, 3.05) is 19.6 Å². The molecule has 1 atom stereocenters. The Hall–Kier alpha value is -4.03. The standard InChI is InChI=1S/C30H25F6N3O3.ClH/c31-29(32,33)22-11-20(12-23(14-22)30(34,35)36)27(40)39-10-9-38(16-18-5-7-19(8-6-18)28(41)42)17-24(39)13-21-15-37-26-4-2-1-3-25(21)26;/h1-8,11-12,14-15,24,37H,9-10,13,16-17H2,(H,41,42);1H/t24-;/m1./s1. The summed E-state index contributed by atoms with van der Waals surface area (Å²) < 4.78 is 81.1. The molecule has 1 aliphatic rings. The molecule has 13 heteroatoms. The van der Waals surface area contributed by atoms with E-state index in [0.717, 1.165) is 22.0 Å². The lowest BCUT2D eigenvalue weighted by molar-refractivity contribution is -0.143. The summed E-state index contributed by atoms with van der Waals surface area (Å²) in [5.74, 6) is -1.97. The van der Waals surface area contributed by atoms with Gasteiger partial charge in [0.25, 0.3) is 5.91 Å². The smallest absolute Gasteiger partial charge is 0.416 e. The number of aromatic nitrogens is 1. The first-order valence-electron chi connectivity index (χ1n) is 13.0. The molecule has 43 heavy (non-hydrogen) atoms. The van der Waals surface area contributed by atoms with Crippen molar-refractivity contribution < 1.29 is 41.0 Å². The van der Waals surface area contributed by atoms with E-state index in [1.54, 1.807) is 18.3 Å². The molecule has 1 aromatic heterocycles. The van der Waals surface area contributed by atoms with Crippen molar-refractivity contribution in [1.29, 1.82) is 0 Å². The summed E-state index contributed by atoms with van der Waals surface area (Å²) in [6.45, 7) is 1.07. The Kier molecular flexibility index (Phi) is 9.12. The molecule has 0 bridgehead atoms. The van der Waals surface area contributed by atoms with Gasteiger partial charge in [0, 0.05) is 54.9 Å². The van der Waals surface area contributed by atoms with Gasteiger partial charge in [-0.25, -0.2) is 4.79 Å². The van der Waals surface area contributed by atoms with E-state index in [2.05, 4.69) is 4.98 Å². The van der Waals surface area contributed by atoms with Gasteiger partial charge in [0.15, 0.2) is 0 Å². The molecule has 1 aliphatic heterocycles. The maximum atomic E-state index is 13.6. The fourth-order valence-electron chi connectivity index (χ4n) is 5.31. The summed E-state index contributed by atoms with van der Waals surface area (Å²) in [7, 11) is 0. The van der Waals surface area contributed by atoms with Crippen LogP contribution < -0.4 is 0 Å². The summed E-state index contributed by atoms with van der Waals surface area (Å²) in [4.78, 5) is 31.3. The fourth-order valence-corrected chi connectivity index (χ4v) is 5.31. The van der Waals surface area contributed by atoms with Crippen LogP contribution in [0.25, 0.3) is 10.9 Å². The molecular weight excluding hydrogens is 600 g/mol. The number of H-pyrrole nitrogens is 1. The van der Waals surface area contributed by atoms with Crippen LogP contribution in [0.1, 0.15) is 43.0 Å². The number of carbonyl (C=O) groups excluding carboxylic acids is 1. The molecule has 2 heterocycles. The number of hydrogen-bond donors (Lipinski definition) is 2. The minimum atomic E-state index is -5.07. The SMILES string of the molecule is Cl.O=C(O)c1ccc(CN2CCN(C(=O)c3cc(C(F)(F)F)cc(C(F)(F)F)c3)[C@H](Cc3c[nH]c4ccccc34)C2)cc1. The van der Waals surface area contributed by atoms with Gasteiger partial charge in [0.2, 0.25) is 0 Å². The highest BCUT2D eigenvalue weighted by Crippen LogP contribution is 2.37.